The molecule has 0 aromatic carbocycles. The van der Waals surface area contributed by atoms with Crippen molar-refractivity contribution in [2.75, 3.05) is 38.5 Å². The third-order valence-corrected chi connectivity index (χ3v) is 6.51. The highest BCUT2D eigenvalue weighted by Crippen LogP contribution is 2.21. The van der Waals surface area contributed by atoms with Crippen LogP contribution in [0.25, 0.3) is 0 Å². The van der Waals surface area contributed by atoms with Gasteiger partial charge in [0.2, 0.25) is 21.8 Å². The van der Waals surface area contributed by atoms with Crippen LogP contribution < -0.4 is 0 Å². The lowest BCUT2D eigenvalue weighted by atomic mass is 10.1. The molecule has 2 aliphatic rings. The number of amides is 2. The van der Waals surface area contributed by atoms with Crippen molar-refractivity contribution in [2.24, 2.45) is 0 Å². The molecular weight excluding hydrogens is 318 g/mol. The molecular formula is C15H27N3O4S. The van der Waals surface area contributed by atoms with E-state index in [4.69, 9.17) is 0 Å². The zero-order chi connectivity index (χ0) is 17.0. The molecule has 0 saturated carbocycles. The van der Waals surface area contributed by atoms with Crippen LogP contribution in [-0.4, -0.2) is 78.9 Å². The van der Waals surface area contributed by atoms with Crippen molar-refractivity contribution in [1.82, 2.24) is 14.1 Å². The van der Waals surface area contributed by atoms with E-state index >= 15 is 0 Å². The topological polar surface area (TPSA) is 78.0 Å². The molecule has 0 N–H and O–H groups in total. The number of carbonyl (C=O) groups is 2. The Morgan fingerprint density at radius 1 is 1.04 bits per heavy atom. The maximum atomic E-state index is 12.7. The fourth-order valence-corrected chi connectivity index (χ4v) is 4.34. The molecule has 2 rings (SSSR count). The van der Waals surface area contributed by atoms with Crippen LogP contribution in [0.3, 0.4) is 0 Å². The molecule has 1 unspecified atom stereocenters. The number of carbonyl (C=O) groups excluding carboxylic acids is 2. The van der Waals surface area contributed by atoms with Crippen LogP contribution in [0.1, 0.15) is 39.5 Å². The van der Waals surface area contributed by atoms with Crippen molar-refractivity contribution in [3.63, 3.8) is 0 Å². The van der Waals surface area contributed by atoms with E-state index in [1.54, 1.807) is 16.7 Å². The Kier molecular flexibility index (Phi) is 6.02. The van der Waals surface area contributed by atoms with Gasteiger partial charge in [-0.1, -0.05) is 6.92 Å². The van der Waals surface area contributed by atoms with Gasteiger partial charge in [0.1, 0.15) is 6.04 Å². The SMILES string of the molecule is CCCC(=O)N1CCCC1C(=O)N1CCN(S(=O)(=O)CC)CC1. The first-order valence-corrected chi connectivity index (χ1v) is 10.1. The van der Waals surface area contributed by atoms with E-state index in [9.17, 15) is 18.0 Å². The maximum Gasteiger partial charge on any atom is 0.245 e. The smallest absolute Gasteiger partial charge is 0.245 e. The molecule has 23 heavy (non-hydrogen) atoms. The molecule has 0 spiro atoms. The zero-order valence-corrected chi connectivity index (χ0v) is 14.8. The normalized spacial score (nSPS) is 23.3. The lowest BCUT2D eigenvalue weighted by molar-refractivity contribution is -0.144. The van der Waals surface area contributed by atoms with Crippen LogP contribution in [0.2, 0.25) is 0 Å². The van der Waals surface area contributed by atoms with Gasteiger partial charge in [0.05, 0.1) is 5.75 Å². The van der Waals surface area contributed by atoms with Crippen LogP contribution >= 0.6 is 0 Å². The van der Waals surface area contributed by atoms with Crippen molar-refractivity contribution >= 4 is 21.8 Å². The molecule has 8 heteroatoms. The minimum atomic E-state index is -3.19. The van der Waals surface area contributed by atoms with Gasteiger partial charge in [-0.3, -0.25) is 9.59 Å². The maximum absolute atomic E-state index is 12.7. The van der Waals surface area contributed by atoms with E-state index in [-0.39, 0.29) is 23.6 Å². The van der Waals surface area contributed by atoms with Gasteiger partial charge in [0.25, 0.3) is 0 Å². The summed E-state index contributed by atoms with van der Waals surface area (Å²) in [6.45, 7) is 5.74. The molecule has 2 heterocycles. The van der Waals surface area contributed by atoms with Gasteiger partial charge < -0.3 is 9.80 Å². The number of rotatable bonds is 5. The second kappa shape index (κ2) is 7.61. The summed E-state index contributed by atoms with van der Waals surface area (Å²) in [5.74, 6) is 0.110. The molecule has 0 aliphatic carbocycles. The van der Waals surface area contributed by atoms with Crippen LogP contribution in [0.4, 0.5) is 0 Å². The molecule has 7 nitrogen and oxygen atoms in total. The number of sulfonamides is 1. The van der Waals surface area contributed by atoms with E-state index < -0.39 is 10.0 Å². The summed E-state index contributed by atoms with van der Waals surface area (Å²) >= 11 is 0. The van der Waals surface area contributed by atoms with Gasteiger partial charge in [-0.25, -0.2) is 8.42 Å². The Hall–Kier alpha value is -1.15. The minimum Gasteiger partial charge on any atom is -0.338 e. The zero-order valence-electron chi connectivity index (χ0n) is 14.0. The first-order chi connectivity index (χ1) is 10.9. The van der Waals surface area contributed by atoms with E-state index in [0.29, 0.717) is 45.6 Å². The van der Waals surface area contributed by atoms with Gasteiger partial charge in [-0.15, -0.1) is 0 Å². The Morgan fingerprint density at radius 2 is 1.70 bits per heavy atom. The largest absolute Gasteiger partial charge is 0.338 e. The average molecular weight is 345 g/mol. The number of likely N-dealkylation sites (tertiary alicyclic amines) is 1. The standard InChI is InChI=1S/C15H27N3O4S/c1-3-6-14(19)18-8-5-7-13(18)15(20)16-9-11-17(12-10-16)23(21,22)4-2/h13H,3-12H2,1-2H3. The monoisotopic (exact) mass is 345 g/mol. The van der Waals surface area contributed by atoms with Crippen molar-refractivity contribution < 1.29 is 18.0 Å². The summed E-state index contributed by atoms with van der Waals surface area (Å²) < 4.78 is 25.2. The Morgan fingerprint density at radius 3 is 2.26 bits per heavy atom. The first kappa shape index (κ1) is 18.2. The molecule has 132 valence electrons. The predicted molar refractivity (Wildman–Crippen MR) is 87.3 cm³/mol. The second-order valence-electron chi connectivity index (χ2n) is 6.12. The summed E-state index contributed by atoms with van der Waals surface area (Å²) in [5.41, 5.74) is 0. The lowest BCUT2D eigenvalue weighted by Crippen LogP contribution is -2.55. The van der Waals surface area contributed by atoms with E-state index in [2.05, 4.69) is 0 Å². The van der Waals surface area contributed by atoms with Crippen LogP contribution in [0, 0.1) is 0 Å². The van der Waals surface area contributed by atoms with Crippen molar-refractivity contribution in [3.8, 4) is 0 Å². The fraction of sp³-hybridized carbons (Fsp3) is 0.867. The van der Waals surface area contributed by atoms with Gasteiger partial charge in [0, 0.05) is 39.1 Å². The summed E-state index contributed by atoms with van der Waals surface area (Å²) in [6.07, 6.45) is 2.83. The van der Waals surface area contributed by atoms with E-state index in [1.807, 2.05) is 6.92 Å². The van der Waals surface area contributed by atoms with Gasteiger partial charge in [-0.05, 0) is 26.2 Å². The summed E-state index contributed by atoms with van der Waals surface area (Å²) in [5, 5.41) is 0. The first-order valence-electron chi connectivity index (χ1n) is 8.46. The van der Waals surface area contributed by atoms with Crippen molar-refractivity contribution in [3.05, 3.63) is 0 Å². The molecule has 0 bridgehead atoms. The second-order valence-corrected chi connectivity index (χ2v) is 8.38. The van der Waals surface area contributed by atoms with Gasteiger partial charge in [0.15, 0.2) is 0 Å². The number of hydrogen-bond acceptors (Lipinski definition) is 4. The summed E-state index contributed by atoms with van der Waals surface area (Å²) in [7, 11) is -3.19. The van der Waals surface area contributed by atoms with Crippen LogP contribution in [0.5, 0.6) is 0 Å². The molecule has 0 radical (unpaired) electrons. The molecule has 2 fully saturated rings. The van der Waals surface area contributed by atoms with Gasteiger partial charge in [-0.2, -0.15) is 4.31 Å². The molecule has 2 saturated heterocycles. The number of hydrogen-bond donors (Lipinski definition) is 0. The quantitative estimate of drug-likeness (QED) is 0.717. The van der Waals surface area contributed by atoms with Crippen molar-refractivity contribution in [1.29, 1.82) is 0 Å². The van der Waals surface area contributed by atoms with Crippen LogP contribution in [-0.2, 0) is 19.6 Å². The van der Waals surface area contributed by atoms with E-state index in [0.717, 1.165) is 12.8 Å². The molecule has 2 aliphatic heterocycles. The Balaban J connectivity index is 1.95. The van der Waals surface area contributed by atoms with Crippen molar-refractivity contribution in [2.45, 2.75) is 45.6 Å². The van der Waals surface area contributed by atoms with Crippen LogP contribution in [0.15, 0.2) is 0 Å². The number of piperazine rings is 1. The Bertz CT molecular complexity index is 541. The lowest BCUT2D eigenvalue weighted by Gasteiger charge is -2.36. The molecule has 2 amide bonds. The molecule has 0 aromatic rings. The fourth-order valence-electron chi connectivity index (χ4n) is 3.26. The predicted octanol–water partition coefficient (Wildman–Crippen LogP) is 0.271. The molecule has 0 aromatic heterocycles. The third-order valence-electron chi connectivity index (χ3n) is 4.63. The highest BCUT2D eigenvalue weighted by molar-refractivity contribution is 7.89. The van der Waals surface area contributed by atoms with Gasteiger partial charge >= 0.3 is 0 Å². The number of nitrogens with zero attached hydrogens (tertiary/aromatic N) is 3. The summed E-state index contributed by atoms with van der Waals surface area (Å²) in [6, 6.07) is -0.358. The minimum absolute atomic E-state index is 0.0273. The highest BCUT2D eigenvalue weighted by Gasteiger charge is 2.37. The van der Waals surface area contributed by atoms with E-state index in [1.165, 1.54) is 4.31 Å². The highest BCUT2D eigenvalue weighted by atomic mass is 32.2. The molecule has 1 atom stereocenters. The summed E-state index contributed by atoms with van der Waals surface area (Å²) in [4.78, 5) is 28.3. The third kappa shape index (κ3) is 4.03. The Labute approximate surface area is 138 Å². The average Bonchev–Trinajstić information content (AvgIpc) is 3.04.